The molecule has 0 N–H and O–H groups in total. The topological polar surface area (TPSA) is 18.5 Å². The lowest BCUT2D eigenvalue weighted by molar-refractivity contribution is -0.0794. The monoisotopic (exact) mass is 368 g/mol. The molecule has 0 spiro atoms. The normalized spacial score (nSPS) is 28.8. The molecule has 1 saturated carbocycles. The van der Waals surface area contributed by atoms with Gasteiger partial charge in [-0.15, -0.1) is 0 Å². The summed E-state index contributed by atoms with van der Waals surface area (Å²) in [6, 6.07) is 0. The smallest absolute Gasteiger partial charge is 0.0772 e. The Balaban J connectivity index is 2.21. The maximum absolute atomic E-state index is 6.16. The first-order valence-corrected chi connectivity index (χ1v) is 8.92. The van der Waals surface area contributed by atoms with Gasteiger partial charge in [-0.05, 0) is 37.5 Å². The van der Waals surface area contributed by atoms with Crippen molar-refractivity contribution in [2.24, 2.45) is 11.8 Å². The second kappa shape index (κ2) is 8.75. The van der Waals surface area contributed by atoms with Gasteiger partial charge in [0, 0.05) is 11.0 Å². The Morgan fingerprint density at radius 3 is 2.39 bits per heavy atom. The highest BCUT2D eigenvalue weighted by atomic mass is 127. The molecule has 0 atom stereocenters. The van der Waals surface area contributed by atoms with Crippen LogP contribution in [0.3, 0.4) is 0 Å². The summed E-state index contributed by atoms with van der Waals surface area (Å²) in [6.07, 6.45) is 6.48. The molecular weight excluding hydrogens is 339 g/mol. The quantitative estimate of drug-likeness (QED) is 0.358. The summed E-state index contributed by atoms with van der Waals surface area (Å²) in [5.74, 6) is 1.55. The minimum atomic E-state index is 0.146. The molecule has 0 radical (unpaired) electrons. The maximum atomic E-state index is 6.16. The van der Waals surface area contributed by atoms with Crippen molar-refractivity contribution in [3.8, 4) is 0 Å². The first-order valence-electron chi connectivity index (χ1n) is 7.39. The molecule has 0 amide bonds. The fourth-order valence-electron chi connectivity index (χ4n) is 2.56. The molecule has 108 valence electrons. The zero-order chi connectivity index (χ0) is 13.4. The SMILES string of the molecule is CCC1CCC(CI)(OCCOCC(C)C)CC1. The maximum Gasteiger partial charge on any atom is 0.0772 e. The summed E-state index contributed by atoms with van der Waals surface area (Å²) >= 11 is 2.48. The van der Waals surface area contributed by atoms with Gasteiger partial charge < -0.3 is 9.47 Å². The Labute approximate surface area is 126 Å². The van der Waals surface area contributed by atoms with Crippen molar-refractivity contribution in [2.75, 3.05) is 24.2 Å². The van der Waals surface area contributed by atoms with Crippen molar-refractivity contribution in [3.63, 3.8) is 0 Å². The van der Waals surface area contributed by atoms with E-state index in [4.69, 9.17) is 9.47 Å². The van der Waals surface area contributed by atoms with Gasteiger partial charge in [0.25, 0.3) is 0 Å². The summed E-state index contributed by atoms with van der Waals surface area (Å²) in [6.45, 7) is 9.01. The summed E-state index contributed by atoms with van der Waals surface area (Å²) in [5.41, 5.74) is 0.146. The molecule has 0 aromatic rings. The number of hydrogen-bond acceptors (Lipinski definition) is 2. The standard InChI is InChI=1S/C15H29IO2/c1-4-14-5-7-15(12-16,8-6-14)18-10-9-17-11-13(2)3/h13-14H,4-12H2,1-3H3. The first-order chi connectivity index (χ1) is 8.62. The van der Waals surface area contributed by atoms with Crippen LogP contribution in [0.5, 0.6) is 0 Å². The number of ether oxygens (including phenoxy) is 2. The van der Waals surface area contributed by atoms with Crippen molar-refractivity contribution in [1.82, 2.24) is 0 Å². The molecule has 3 heteroatoms. The number of hydrogen-bond donors (Lipinski definition) is 0. The van der Waals surface area contributed by atoms with Crippen LogP contribution in [0.4, 0.5) is 0 Å². The van der Waals surface area contributed by atoms with Gasteiger partial charge in [0.05, 0.1) is 18.8 Å². The van der Waals surface area contributed by atoms with Gasteiger partial charge in [-0.2, -0.15) is 0 Å². The highest BCUT2D eigenvalue weighted by Crippen LogP contribution is 2.37. The second-order valence-electron chi connectivity index (χ2n) is 5.99. The number of rotatable bonds is 8. The van der Waals surface area contributed by atoms with E-state index in [1.54, 1.807) is 0 Å². The first kappa shape index (κ1) is 16.7. The lowest BCUT2D eigenvalue weighted by atomic mass is 9.79. The predicted octanol–water partition coefficient (Wildman–Crippen LogP) is 4.45. The Bertz CT molecular complexity index is 211. The Hall–Kier alpha value is 0.650. The minimum Gasteiger partial charge on any atom is -0.379 e. The van der Waals surface area contributed by atoms with E-state index in [0.29, 0.717) is 5.92 Å². The Morgan fingerprint density at radius 2 is 1.89 bits per heavy atom. The van der Waals surface area contributed by atoms with E-state index in [1.807, 2.05) is 0 Å². The highest BCUT2D eigenvalue weighted by molar-refractivity contribution is 14.1. The van der Waals surface area contributed by atoms with E-state index < -0.39 is 0 Å². The van der Waals surface area contributed by atoms with Gasteiger partial charge in [0.1, 0.15) is 0 Å². The van der Waals surface area contributed by atoms with E-state index in [9.17, 15) is 0 Å². The number of alkyl halides is 1. The van der Waals surface area contributed by atoms with Crippen LogP contribution < -0.4 is 0 Å². The molecule has 0 aromatic heterocycles. The average Bonchev–Trinajstić information content (AvgIpc) is 2.38. The molecule has 1 aliphatic rings. The molecule has 0 bridgehead atoms. The van der Waals surface area contributed by atoms with Crippen LogP contribution in [0.2, 0.25) is 0 Å². The molecule has 0 unspecified atom stereocenters. The van der Waals surface area contributed by atoms with Crippen LogP contribution >= 0.6 is 22.6 Å². The van der Waals surface area contributed by atoms with Crippen molar-refractivity contribution in [2.45, 2.75) is 58.5 Å². The van der Waals surface area contributed by atoms with Gasteiger partial charge in [-0.1, -0.05) is 49.8 Å². The Kier molecular flexibility index (Phi) is 8.12. The van der Waals surface area contributed by atoms with Crippen molar-refractivity contribution < 1.29 is 9.47 Å². The van der Waals surface area contributed by atoms with E-state index in [-0.39, 0.29) is 5.60 Å². The van der Waals surface area contributed by atoms with Crippen LogP contribution in [-0.4, -0.2) is 29.8 Å². The third kappa shape index (κ3) is 5.74. The van der Waals surface area contributed by atoms with E-state index >= 15 is 0 Å². The summed E-state index contributed by atoms with van der Waals surface area (Å²) in [7, 11) is 0. The zero-order valence-corrected chi connectivity index (χ0v) is 14.4. The molecule has 1 rings (SSSR count). The molecule has 0 heterocycles. The van der Waals surface area contributed by atoms with Crippen molar-refractivity contribution >= 4 is 22.6 Å². The predicted molar refractivity (Wildman–Crippen MR) is 85.5 cm³/mol. The molecular formula is C15H29IO2. The van der Waals surface area contributed by atoms with Crippen molar-refractivity contribution in [1.29, 1.82) is 0 Å². The Morgan fingerprint density at radius 1 is 1.22 bits per heavy atom. The average molecular weight is 368 g/mol. The van der Waals surface area contributed by atoms with Crippen LogP contribution in [0.1, 0.15) is 52.9 Å². The van der Waals surface area contributed by atoms with Gasteiger partial charge >= 0.3 is 0 Å². The fraction of sp³-hybridized carbons (Fsp3) is 1.00. The van der Waals surface area contributed by atoms with E-state index in [2.05, 4.69) is 43.4 Å². The molecule has 0 saturated heterocycles. The van der Waals surface area contributed by atoms with Gasteiger partial charge in [-0.25, -0.2) is 0 Å². The molecule has 0 aliphatic heterocycles. The number of halogens is 1. The van der Waals surface area contributed by atoms with E-state index in [0.717, 1.165) is 30.2 Å². The molecule has 18 heavy (non-hydrogen) atoms. The molecule has 2 nitrogen and oxygen atoms in total. The van der Waals surface area contributed by atoms with Crippen molar-refractivity contribution in [3.05, 3.63) is 0 Å². The minimum absolute atomic E-state index is 0.146. The third-order valence-corrected chi connectivity index (χ3v) is 5.31. The van der Waals surface area contributed by atoms with Crippen LogP contribution in [0.15, 0.2) is 0 Å². The van der Waals surface area contributed by atoms with Gasteiger partial charge in [0.15, 0.2) is 0 Å². The van der Waals surface area contributed by atoms with Crippen LogP contribution in [-0.2, 0) is 9.47 Å². The third-order valence-electron chi connectivity index (χ3n) is 3.92. The van der Waals surface area contributed by atoms with Crippen LogP contribution in [0, 0.1) is 11.8 Å². The largest absolute Gasteiger partial charge is 0.379 e. The van der Waals surface area contributed by atoms with Gasteiger partial charge in [-0.3, -0.25) is 0 Å². The summed E-state index contributed by atoms with van der Waals surface area (Å²) in [5, 5.41) is 0. The lowest BCUT2D eigenvalue weighted by Crippen LogP contribution is -2.39. The fourth-order valence-corrected chi connectivity index (χ4v) is 3.55. The van der Waals surface area contributed by atoms with E-state index in [1.165, 1.54) is 32.1 Å². The molecule has 1 fully saturated rings. The summed E-state index contributed by atoms with van der Waals surface area (Å²) < 4.78 is 12.9. The molecule has 1 aliphatic carbocycles. The highest BCUT2D eigenvalue weighted by Gasteiger charge is 2.34. The molecule has 0 aromatic carbocycles. The van der Waals surface area contributed by atoms with Gasteiger partial charge in [0.2, 0.25) is 0 Å². The zero-order valence-electron chi connectivity index (χ0n) is 12.2. The summed E-state index contributed by atoms with van der Waals surface area (Å²) in [4.78, 5) is 0. The van der Waals surface area contributed by atoms with Crippen LogP contribution in [0.25, 0.3) is 0 Å². The second-order valence-corrected chi connectivity index (χ2v) is 6.75. The lowest BCUT2D eigenvalue weighted by Gasteiger charge is -2.38.